The molecule has 146 valence electrons. The summed E-state index contributed by atoms with van der Waals surface area (Å²) in [5, 5.41) is 11.2. The number of halogens is 2. The highest BCUT2D eigenvalue weighted by Gasteiger charge is 2.34. The summed E-state index contributed by atoms with van der Waals surface area (Å²) in [5.41, 5.74) is 1.81. The fraction of sp³-hybridized carbons (Fsp3) is 0.588. The van der Waals surface area contributed by atoms with E-state index in [9.17, 15) is 18.4 Å². The van der Waals surface area contributed by atoms with E-state index in [-0.39, 0.29) is 24.6 Å². The third-order valence-electron chi connectivity index (χ3n) is 5.04. The number of hydroxylamine groups is 2. The van der Waals surface area contributed by atoms with E-state index in [4.69, 9.17) is 23.2 Å². The van der Waals surface area contributed by atoms with Crippen LogP contribution in [0.15, 0.2) is 12.1 Å². The molecule has 1 N–H and O–H groups in total. The molecule has 1 atom stereocenters. The second-order valence-corrected chi connectivity index (χ2v) is 9.35. The summed E-state index contributed by atoms with van der Waals surface area (Å²) in [6, 6.07) is 2.70. The quantitative estimate of drug-likeness (QED) is 0.395. The van der Waals surface area contributed by atoms with Crippen LogP contribution < -0.4 is 0 Å². The standard InChI is InChI=1S/C17H24Cl2N2O4S/c1-3-12(4-2)17(21(23)11-22)10-26(24,25)20-6-5-13-7-15(18)16(19)8-14(13)9-20/h7-8,11-12,17,23H,3-6,9-10H2,1-2H3. The molecule has 0 radical (unpaired) electrons. The largest absolute Gasteiger partial charge is 0.286 e. The minimum atomic E-state index is -3.67. The highest BCUT2D eigenvalue weighted by atomic mass is 35.5. The highest BCUT2D eigenvalue weighted by molar-refractivity contribution is 7.89. The number of sulfonamides is 1. The van der Waals surface area contributed by atoms with Gasteiger partial charge in [0.15, 0.2) is 0 Å². The third kappa shape index (κ3) is 4.70. The van der Waals surface area contributed by atoms with Crippen molar-refractivity contribution >= 4 is 39.6 Å². The van der Waals surface area contributed by atoms with Crippen LogP contribution in [0, 0.1) is 5.92 Å². The lowest BCUT2D eigenvalue weighted by atomic mass is 9.95. The van der Waals surface area contributed by atoms with Crippen LogP contribution in [-0.4, -0.2) is 47.7 Å². The van der Waals surface area contributed by atoms with Crippen molar-refractivity contribution in [2.24, 2.45) is 5.92 Å². The maximum atomic E-state index is 12.9. The Hall–Kier alpha value is -0.860. The Balaban J connectivity index is 2.23. The molecule has 2 rings (SSSR count). The Morgan fingerprint density at radius 2 is 1.81 bits per heavy atom. The topological polar surface area (TPSA) is 77.9 Å². The Bertz CT molecular complexity index is 753. The summed E-state index contributed by atoms with van der Waals surface area (Å²) in [6.45, 7) is 4.36. The number of carbonyl (C=O) groups excluding carboxylic acids is 1. The molecule has 0 aromatic heterocycles. The SMILES string of the molecule is CCC(CC)C(CS(=O)(=O)N1CCc2cc(Cl)c(Cl)cc2C1)N(O)C=O. The molecule has 26 heavy (non-hydrogen) atoms. The Kier molecular flexibility index (Phi) is 7.33. The summed E-state index contributed by atoms with van der Waals surface area (Å²) < 4.78 is 27.2. The Morgan fingerprint density at radius 1 is 1.23 bits per heavy atom. The van der Waals surface area contributed by atoms with Gasteiger partial charge in [0.25, 0.3) is 0 Å². The van der Waals surface area contributed by atoms with Gasteiger partial charge in [0, 0.05) is 13.1 Å². The summed E-state index contributed by atoms with van der Waals surface area (Å²) in [5.74, 6) is -0.420. The molecule has 0 bridgehead atoms. The number of carbonyl (C=O) groups is 1. The lowest BCUT2D eigenvalue weighted by Crippen LogP contribution is -2.47. The van der Waals surface area contributed by atoms with E-state index < -0.39 is 16.1 Å². The van der Waals surface area contributed by atoms with Gasteiger partial charge < -0.3 is 0 Å². The van der Waals surface area contributed by atoms with Crippen LogP contribution in [-0.2, 0) is 27.8 Å². The normalized spacial score (nSPS) is 16.4. The van der Waals surface area contributed by atoms with Crippen LogP contribution in [0.4, 0.5) is 0 Å². The number of amides is 1. The van der Waals surface area contributed by atoms with Crippen molar-refractivity contribution in [1.82, 2.24) is 9.37 Å². The summed E-state index contributed by atoms with van der Waals surface area (Å²) in [4.78, 5) is 11.0. The van der Waals surface area contributed by atoms with Crippen molar-refractivity contribution in [3.63, 3.8) is 0 Å². The van der Waals surface area contributed by atoms with Crippen LogP contribution >= 0.6 is 23.2 Å². The van der Waals surface area contributed by atoms with Gasteiger partial charge >= 0.3 is 0 Å². The summed E-state index contributed by atoms with van der Waals surface area (Å²) in [6.07, 6.45) is 2.14. The van der Waals surface area contributed by atoms with E-state index in [1.165, 1.54) is 4.31 Å². The van der Waals surface area contributed by atoms with E-state index in [1.54, 1.807) is 12.1 Å². The zero-order valence-electron chi connectivity index (χ0n) is 14.9. The third-order valence-corrected chi connectivity index (χ3v) is 7.62. The van der Waals surface area contributed by atoms with Crippen LogP contribution in [0.1, 0.15) is 37.8 Å². The predicted molar refractivity (Wildman–Crippen MR) is 102 cm³/mol. The van der Waals surface area contributed by atoms with Crippen LogP contribution in [0.3, 0.4) is 0 Å². The van der Waals surface area contributed by atoms with E-state index in [2.05, 4.69) is 0 Å². The highest BCUT2D eigenvalue weighted by Crippen LogP contribution is 2.31. The van der Waals surface area contributed by atoms with Gasteiger partial charge in [-0.25, -0.2) is 13.5 Å². The molecule has 0 spiro atoms. The average molecular weight is 423 g/mol. The van der Waals surface area contributed by atoms with E-state index in [0.29, 0.717) is 40.9 Å². The molecule has 0 fully saturated rings. The molecule has 6 nitrogen and oxygen atoms in total. The molecule has 1 aromatic rings. The Morgan fingerprint density at radius 3 is 2.35 bits per heavy atom. The first-order chi connectivity index (χ1) is 12.2. The number of benzene rings is 1. The van der Waals surface area contributed by atoms with Gasteiger partial charge in [-0.05, 0) is 35.6 Å². The molecule has 1 amide bonds. The van der Waals surface area contributed by atoms with Gasteiger partial charge in [0.1, 0.15) is 0 Å². The van der Waals surface area contributed by atoms with Crippen LogP contribution in [0.2, 0.25) is 10.0 Å². The second kappa shape index (κ2) is 8.89. The van der Waals surface area contributed by atoms with Gasteiger partial charge in [0.05, 0.1) is 21.8 Å². The minimum absolute atomic E-state index is 0.106. The fourth-order valence-corrected chi connectivity index (χ4v) is 5.57. The molecule has 9 heteroatoms. The van der Waals surface area contributed by atoms with Crippen molar-refractivity contribution in [2.75, 3.05) is 12.3 Å². The van der Waals surface area contributed by atoms with Gasteiger partial charge in [-0.15, -0.1) is 0 Å². The number of nitrogens with zero attached hydrogens (tertiary/aromatic N) is 2. The average Bonchev–Trinajstić information content (AvgIpc) is 2.61. The van der Waals surface area contributed by atoms with Gasteiger partial charge in [-0.1, -0.05) is 49.9 Å². The second-order valence-electron chi connectivity index (χ2n) is 6.53. The van der Waals surface area contributed by atoms with Crippen LogP contribution in [0.25, 0.3) is 0 Å². The number of fused-ring (bicyclic) bond motifs is 1. The number of hydrogen-bond acceptors (Lipinski definition) is 4. The molecule has 1 heterocycles. The lowest BCUT2D eigenvalue weighted by Gasteiger charge is -2.33. The van der Waals surface area contributed by atoms with Gasteiger partial charge in [-0.2, -0.15) is 4.31 Å². The fourth-order valence-electron chi connectivity index (χ4n) is 3.42. The van der Waals surface area contributed by atoms with Gasteiger partial charge in [-0.3, -0.25) is 10.0 Å². The summed E-state index contributed by atoms with van der Waals surface area (Å²) >= 11 is 12.1. The predicted octanol–water partition coefficient (Wildman–Crippen LogP) is 3.33. The molecule has 1 unspecified atom stereocenters. The minimum Gasteiger partial charge on any atom is -0.286 e. The van der Waals surface area contributed by atoms with Crippen molar-refractivity contribution in [1.29, 1.82) is 0 Å². The van der Waals surface area contributed by atoms with E-state index in [0.717, 1.165) is 11.1 Å². The first-order valence-electron chi connectivity index (χ1n) is 8.60. The molecule has 1 aromatic carbocycles. The molecular formula is C17H24Cl2N2O4S. The van der Waals surface area contributed by atoms with E-state index in [1.807, 2.05) is 13.8 Å². The number of rotatable bonds is 8. The molecular weight excluding hydrogens is 399 g/mol. The Labute approximate surface area is 164 Å². The van der Waals surface area contributed by atoms with Crippen molar-refractivity contribution < 1.29 is 18.4 Å². The van der Waals surface area contributed by atoms with Gasteiger partial charge in [0.2, 0.25) is 16.4 Å². The molecule has 0 saturated carbocycles. The zero-order chi connectivity index (χ0) is 19.5. The number of hydrogen-bond donors (Lipinski definition) is 1. The molecule has 0 saturated heterocycles. The molecule has 1 aliphatic heterocycles. The van der Waals surface area contributed by atoms with Crippen molar-refractivity contribution in [2.45, 2.75) is 45.7 Å². The summed E-state index contributed by atoms with van der Waals surface area (Å²) in [7, 11) is -3.67. The van der Waals surface area contributed by atoms with Crippen molar-refractivity contribution in [3.8, 4) is 0 Å². The first-order valence-corrected chi connectivity index (χ1v) is 11.0. The molecule has 0 aliphatic carbocycles. The molecule has 1 aliphatic rings. The smallest absolute Gasteiger partial charge is 0.233 e. The van der Waals surface area contributed by atoms with Crippen LogP contribution in [0.5, 0.6) is 0 Å². The lowest BCUT2D eigenvalue weighted by molar-refractivity contribution is -0.163. The van der Waals surface area contributed by atoms with E-state index >= 15 is 0 Å². The maximum Gasteiger partial charge on any atom is 0.233 e. The zero-order valence-corrected chi connectivity index (χ0v) is 17.2. The monoisotopic (exact) mass is 422 g/mol. The first kappa shape index (κ1) is 21.4. The van der Waals surface area contributed by atoms with Crippen molar-refractivity contribution in [3.05, 3.63) is 33.3 Å². The maximum absolute atomic E-state index is 12.9.